The minimum Gasteiger partial charge on any atom is -0.212 e. The third kappa shape index (κ3) is 2.11. The Balaban J connectivity index is 2.87. The van der Waals surface area contributed by atoms with Crippen molar-refractivity contribution in [2.45, 2.75) is 64.3 Å². The first-order valence-corrected chi connectivity index (χ1v) is 6.90. The van der Waals surface area contributed by atoms with Crippen molar-refractivity contribution >= 4 is 10.0 Å². The third-order valence-electron chi connectivity index (χ3n) is 2.83. The van der Waals surface area contributed by atoms with Gasteiger partial charge >= 0.3 is 0 Å². The number of hydrogen-bond donors (Lipinski definition) is 0. The van der Waals surface area contributed by atoms with Crippen LogP contribution in [0.1, 0.15) is 47.0 Å². The summed E-state index contributed by atoms with van der Waals surface area (Å²) in [5.41, 5.74) is 0. The zero-order valence-corrected chi connectivity index (χ0v) is 10.3. The first-order chi connectivity index (χ1) is 6.37. The van der Waals surface area contributed by atoms with Crippen LogP contribution in [-0.4, -0.2) is 30.1 Å². The van der Waals surface area contributed by atoms with Crippen LogP contribution in [0.15, 0.2) is 0 Å². The topological polar surface area (TPSA) is 37.4 Å². The molecule has 1 saturated carbocycles. The largest absolute Gasteiger partial charge is 0.216 e. The van der Waals surface area contributed by atoms with Gasteiger partial charge < -0.3 is 0 Å². The molecule has 1 aliphatic rings. The molecule has 0 bridgehead atoms. The molecule has 0 spiro atoms. The van der Waals surface area contributed by atoms with Crippen LogP contribution in [-0.2, 0) is 10.0 Å². The third-order valence-corrected chi connectivity index (χ3v) is 5.33. The lowest BCUT2D eigenvalue weighted by atomic mass is 9.92. The van der Waals surface area contributed by atoms with E-state index in [2.05, 4.69) is 0 Å². The van der Waals surface area contributed by atoms with Gasteiger partial charge in [0.2, 0.25) is 10.0 Å². The molecule has 14 heavy (non-hydrogen) atoms. The van der Waals surface area contributed by atoms with Crippen LogP contribution in [0.5, 0.6) is 0 Å². The van der Waals surface area contributed by atoms with Crippen LogP contribution in [0, 0.1) is 0 Å². The van der Waals surface area contributed by atoms with E-state index in [0.717, 1.165) is 12.8 Å². The Bertz CT molecular complexity index is 278. The number of nitrogens with zero attached hydrogens (tertiary/aromatic N) is 1. The van der Waals surface area contributed by atoms with E-state index in [1.807, 2.05) is 13.8 Å². The molecule has 4 heteroatoms. The summed E-state index contributed by atoms with van der Waals surface area (Å²) in [5.74, 6) is 0. The van der Waals surface area contributed by atoms with E-state index in [0.29, 0.717) is 0 Å². The van der Waals surface area contributed by atoms with Gasteiger partial charge in [0.25, 0.3) is 0 Å². The summed E-state index contributed by atoms with van der Waals surface area (Å²) in [5, 5.41) is -0.300. The Morgan fingerprint density at radius 2 is 1.64 bits per heavy atom. The molecule has 0 heterocycles. The summed E-state index contributed by atoms with van der Waals surface area (Å²) in [6.45, 7) is 7.42. The van der Waals surface area contributed by atoms with Crippen molar-refractivity contribution in [1.82, 2.24) is 4.31 Å². The van der Waals surface area contributed by atoms with Crippen molar-refractivity contribution in [2.75, 3.05) is 0 Å². The maximum Gasteiger partial charge on any atom is 0.216 e. The smallest absolute Gasteiger partial charge is 0.212 e. The van der Waals surface area contributed by atoms with Crippen LogP contribution >= 0.6 is 0 Å². The summed E-state index contributed by atoms with van der Waals surface area (Å²) in [4.78, 5) is 0. The molecular formula is C10H21NO2S. The summed E-state index contributed by atoms with van der Waals surface area (Å²) < 4.78 is 25.8. The SMILES string of the molecule is CC(C)N(C1CCC1)S(=O)(=O)C(C)C. The quantitative estimate of drug-likeness (QED) is 0.725. The Kier molecular flexibility index (Phi) is 3.58. The van der Waals surface area contributed by atoms with Crippen molar-refractivity contribution in [2.24, 2.45) is 0 Å². The molecule has 1 aliphatic carbocycles. The average molecular weight is 219 g/mol. The molecule has 84 valence electrons. The normalized spacial score (nSPS) is 19.4. The second kappa shape index (κ2) is 4.19. The van der Waals surface area contributed by atoms with Crippen molar-refractivity contribution in [1.29, 1.82) is 0 Å². The van der Waals surface area contributed by atoms with Gasteiger partial charge in [0.15, 0.2) is 0 Å². The monoisotopic (exact) mass is 219 g/mol. The van der Waals surface area contributed by atoms with E-state index in [1.54, 1.807) is 18.2 Å². The van der Waals surface area contributed by atoms with E-state index >= 15 is 0 Å². The second-order valence-corrected chi connectivity index (χ2v) is 7.00. The molecule has 0 atom stereocenters. The molecule has 1 rings (SSSR count). The zero-order valence-electron chi connectivity index (χ0n) is 9.53. The fraction of sp³-hybridized carbons (Fsp3) is 1.00. The van der Waals surface area contributed by atoms with Gasteiger partial charge in [0, 0.05) is 12.1 Å². The summed E-state index contributed by atoms with van der Waals surface area (Å²) in [6.07, 6.45) is 3.23. The maximum absolute atomic E-state index is 12.0. The predicted molar refractivity (Wildman–Crippen MR) is 58.7 cm³/mol. The summed E-state index contributed by atoms with van der Waals surface area (Å²) in [6, 6.07) is 0.357. The minimum atomic E-state index is -3.06. The van der Waals surface area contributed by atoms with Gasteiger partial charge in [0.1, 0.15) is 0 Å². The van der Waals surface area contributed by atoms with Gasteiger partial charge in [-0.1, -0.05) is 6.42 Å². The zero-order chi connectivity index (χ0) is 10.9. The fourth-order valence-corrected chi connectivity index (χ4v) is 3.51. The average Bonchev–Trinajstić information content (AvgIpc) is 1.94. The van der Waals surface area contributed by atoms with Gasteiger partial charge in [-0.05, 0) is 40.5 Å². The molecule has 1 fully saturated rings. The first-order valence-electron chi connectivity index (χ1n) is 5.39. The minimum absolute atomic E-state index is 0.0905. The van der Waals surface area contributed by atoms with Crippen molar-refractivity contribution in [3.63, 3.8) is 0 Å². The Labute approximate surface area is 87.5 Å². The Morgan fingerprint density at radius 1 is 1.14 bits per heavy atom. The van der Waals surface area contributed by atoms with Crippen LogP contribution in [0.25, 0.3) is 0 Å². The van der Waals surface area contributed by atoms with Gasteiger partial charge in [-0.15, -0.1) is 0 Å². The van der Waals surface area contributed by atoms with E-state index in [9.17, 15) is 8.42 Å². The van der Waals surface area contributed by atoms with E-state index in [4.69, 9.17) is 0 Å². The lowest BCUT2D eigenvalue weighted by Gasteiger charge is -2.40. The number of hydrogen-bond acceptors (Lipinski definition) is 2. The van der Waals surface area contributed by atoms with Crippen LogP contribution in [0.4, 0.5) is 0 Å². The summed E-state index contributed by atoms with van der Waals surface area (Å²) >= 11 is 0. The molecule has 3 nitrogen and oxygen atoms in total. The van der Waals surface area contributed by atoms with Crippen molar-refractivity contribution < 1.29 is 8.42 Å². The van der Waals surface area contributed by atoms with Crippen molar-refractivity contribution in [3.05, 3.63) is 0 Å². The fourth-order valence-electron chi connectivity index (χ4n) is 1.81. The summed E-state index contributed by atoms with van der Waals surface area (Å²) in [7, 11) is -3.06. The molecule has 0 unspecified atom stereocenters. The number of rotatable bonds is 4. The highest BCUT2D eigenvalue weighted by molar-refractivity contribution is 7.89. The Hall–Kier alpha value is -0.0900. The highest BCUT2D eigenvalue weighted by Gasteiger charge is 2.36. The van der Waals surface area contributed by atoms with Crippen LogP contribution in [0.2, 0.25) is 0 Å². The maximum atomic E-state index is 12.0. The van der Waals surface area contributed by atoms with E-state index in [-0.39, 0.29) is 17.3 Å². The molecule has 0 saturated heterocycles. The molecule has 0 aliphatic heterocycles. The van der Waals surface area contributed by atoms with Crippen LogP contribution < -0.4 is 0 Å². The van der Waals surface area contributed by atoms with E-state index in [1.165, 1.54) is 6.42 Å². The Morgan fingerprint density at radius 3 is 1.86 bits per heavy atom. The molecule has 0 aromatic rings. The highest BCUT2D eigenvalue weighted by atomic mass is 32.2. The standard InChI is InChI=1S/C10H21NO2S/c1-8(2)11(10-6-5-7-10)14(12,13)9(3)4/h8-10H,5-7H2,1-4H3. The molecule has 0 aromatic heterocycles. The second-order valence-electron chi connectivity index (χ2n) is 4.60. The molecular weight excluding hydrogens is 198 g/mol. The van der Waals surface area contributed by atoms with Crippen LogP contribution in [0.3, 0.4) is 0 Å². The molecule has 0 aromatic carbocycles. The number of sulfonamides is 1. The first kappa shape index (κ1) is 12.0. The molecule has 0 radical (unpaired) electrons. The molecule has 0 N–H and O–H groups in total. The lowest BCUT2D eigenvalue weighted by Crippen LogP contribution is -2.50. The van der Waals surface area contributed by atoms with Crippen molar-refractivity contribution in [3.8, 4) is 0 Å². The van der Waals surface area contributed by atoms with Gasteiger partial charge in [-0.2, -0.15) is 4.31 Å². The molecule has 0 amide bonds. The van der Waals surface area contributed by atoms with Gasteiger partial charge in [-0.25, -0.2) is 8.42 Å². The van der Waals surface area contributed by atoms with E-state index < -0.39 is 10.0 Å². The van der Waals surface area contributed by atoms with Gasteiger partial charge in [0.05, 0.1) is 5.25 Å². The van der Waals surface area contributed by atoms with Gasteiger partial charge in [-0.3, -0.25) is 0 Å². The highest BCUT2D eigenvalue weighted by Crippen LogP contribution is 2.30. The predicted octanol–water partition coefficient (Wildman–Crippen LogP) is 1.99. The lowest BCUT2D eigenvalue weighted by molar-refractivity contribution is 0.187.